The highest BCUT2D eigenvalue weighted by molar-refractivity contribution is 9.10. The Labute approximate surface area is 198 Å². The molecule has 9 heteroatoms. The number of carbonyl (C=O) groups excluding carboxylic acids is 3. The van der Waals surface area contributed by atoms with Gasteiger partial charge in [0, 0.05) is 10.2 Å². The Morgan fingerprint density at radius 3 is 2.39 bits per heavy atom. The summed E-state index contributed by atoms with van der Waals surface area (Å²) in [5, 5.41) is 6.27. The fourth-order valence-corrected chi connectivity index (χ4v) is 3.06. The Morgan fingerprint density at radius 2 is 1.70 bits per heavy atom. The van der Waals surface area contributed by atoms with E-state index in [9.17, 15) is 14.4 Å². The van der Waals surface area contributed by atoms with Crippen LogP contribution in [0.2, 0.25) is 0 Å². The number of halogens is 1. The van der Waals surface area contributed by atoms with Crippen LogP contribution in [0.4, 0.5) is 5.69 Å². The van der Waals surface area contributed by atoms with Gasteiger partial charge in [0.2, 0.25) is 0 Å². The highest BCUT2D eigenvalue weighted by Gasteiger charge is 2.14. The van der Waals surface area contributed by atoms with E-state index in [1.54, 1.807) is 54.6 Å². The normalized spacial score (nSPS) is 10.5. The SMILES string of the molecule is COc1cc(/C=N\NC(=O)C(=O)Nc2ccc(C)cc2)ccc1OC(=O)c1cccc(Br)c1. The lowest BCUT2D eigenvalue weighted by molar-refractivity contribution is -0.136. The average molecular weight is 510 g/mol. The molecule has 0 saturated carbocycles. The monoisotopic (exact) mass is 509 g/mol. The maximum atomic E-state index is 12.4. The van der Waals surface area contributed by atoms with Crippen molar-refractivity contribution in [1.82, 2.24) is 5.43 Å². The van der Waals surface area contributed by atoms with Crippen LogP contribution >= 0.6 is 15.9 Å². The minimum absolute atomic E-state index is 0.223. The van der Waals surface area contributed by atoms with Gasteiger partial charge in [-0.3, -0.25) is 9.59 Å². The van der Waals surface area contributed by atoms with Crippen LogP contribution in [-0.4, -0.2) is 31.1 Å². The van der Waals surface area contributed by atoms with E-state index in [0.717, 1.165) is 10.0 Å². The van der Waals surface area contributed by atoms with Crippen LogP contribution in [0, 0.1) is 6.92 Å². The number of amides is 2. The molecule has 0 bridgehead atoms. The number of hydrazone groups is 1. The second-order valence-corrected chi connectivity index (χ2v) is 7.75. The van der Waals surface area contributed by atoms with Gasteiger partial charge in [0.25, 0.3) is 0 Å². The number of nitrogens with one attached hydrogen (secondary N) is 2. The predicted molar refractivity (Wildman–Crippen MR) is 128 cm³/mol. The number of methoxy groups -OCH3 is 1. The number of hydrogen-bond acceptors (Lipinski definition) is 6. The molecule has 8 nitrogen and oxygen atoms in total. The molecule has 0 fully saturated rings. The van der Waals surface area contributed by atoms with Crippen LogP contribution in [0.15, 0.2) is 76.3 Å². The third-order valence-corrected chi connectivity index (χ3v) is 4.84. The maximum Gasteiger partial charge on any atom is 0.343 e. The van der Waals surface area contributed by atoms with Gasteiger partial charge in [-0.1, -0.05) is 39.7 Å². The first-order valence-corrected chi connectivity index (χ1v) is 10.5. The summed E-state index contributed by atoms with van der Waals surface area (Å²) < 4.78 is 11.5. The topological polar surface area (TPSA) is 106 Å². The van der Waals surface area contributed by atoms with E-state index in [0.29, 0.717) is 22.6 Å². The van der Waals surface area contributed by atoms with Crippen molar-refractivity contribution in [3.8, 4) is 11.5 Å². The fourth-order valence-electron chi connectivity index (χ4n) is 2.66. The molecule has 3 aromatic carbocycles. The molecule has 0 spiro atoms. The van der Waals surface area contributed by atoms with Crippen LogP contribution < -0.4 is 20.2 Å². The van der Waals surface area contributed by atoms with E-state index >= 15 is 0 Å². The Balaban J connectivity index is 1.60. The van der Waals surface area contributed by atoms with E-state index in [2.05, 4.69) is 31.8 Å². The second kappa shape index (κ2) is 11.1. The van der Waals surface area contributed by atoms with Gasteiger partial charge < -0.3 is 14.8 Å². The van der Waals surface area contributed by atoms with E-state index in [1.165, 1.54) is 13.3 Å². The van der Waals surface area contributed by atoms with Gasteiger partial charge in [-0.2, -0.15) is 5.10 Å². The molecule has 0 radical (unpaired) electrons. The molecule has 168 valence electrons. The van der Waals surface area contributed by atoms with Crippen molar-refractivity contribution in [2.24, 2.45) is 5.10 Å². The largest absolute Gasteiger partial charge is 0.493 e. The number of carbonyl (C=O) groups is 3. The average Bonchev–Trinajstić information content (AvgIpc) is 2.81. The summed E-state index contributed by atoms with van der Waals surface area (Å²) in [6, 6.07) is 18.6. The Hall–Kier alpha value is -3.98. The third kappa shape index (κ3) is 6.75. The molecule has 0 aliphatic heterocycles. The van der Waals surface area contributed by atoms with Gasteiger partial charge in [0.15, 0.2) is 11.5 Å². The van der Waals surface area contributed by atoms with E-state index in [-0.39, 0.29) is 5.75 Å². The first-order chi connectivity index (χ1) is 15.9. The number of hydrogen-bond donors (Lipinski definition) is 2. The standard InChI is InChI=1S/C24H20BrN3O5/c1-15-6-9-19(10-7-15)27-22(29)23(30)28-26-14-16-8-11-20(21(12-16)32-2)33-24(31)17-4-3-5-18(25)13-17/h3-14H,1-2H3,(H,27,29)(H,28,30)/b26-14-. The molecule has 0 heterocycles. The molecule has 0 saturated heterocycles. The Bertz CT molecular complexity index is 1210. The number of ether oxygens (including phenoxy) is 2. The first kappa shape index (κ1) is 23.7. The highest BCUT2D eigenvalue weighted by Crippen LogP contribution is 2.28. The molecular formula is C24H20BrN3O5. The van der Waals surface area contributed by atoms with Crippen LogP contribution in [0.5, 0.6) is 11.5 Å². The number of anilines is 1. The first-order valence-electron chi connectivity index (χ1n) is 9.72. The second-order valence-electron chi connectivity index (χ2n) is 6.83. The smallest absolute Gasteiger partial charge is 0.343 e. The minimum atomic E-state index is -0.918. The lowest BCUT2D eigenvalue weighted by atomic mass is 10.2. The zero-order valence-corrected chi connectivity index (χ0v) is 19.4. The molecule has 0 aliphatic carbocycles. The molecule has 0 aliphatic rings. The fraction of sp³-hybridized carbons (Fsp3) is 0.0833. The highest BCUT2D eigenvalue weighted by atomic mass is 79.9. The number of aryl methyl sites for hydroxylation is 1. The lowest BCUT2D eigenvalue weighted by Crippen LogP contribution is -2.32. The van der Waals surface area contributed by atoms with Gasteiger partial charge in [0.1, 0.15) is 0 Å². The Kier molecular flexibility index (Phi) is 7.93. The number of rotatable bonds is 6. The van der Waals surface area contributed by atoms with Crippen LogP contribution in [-0.2, 0) is 9.59 Å². The van der Waals surface area contributed by atoms with E-state index < -0.39 is 17.8 Å². The summed E-state index contributed by atoms with van der Waals surface area (Å²) in [5.74, 6) is -1.78. The van der Waals surface area contributed by atoms with Crippen molar-refractivity contribution >= 4 is 45.6 Å². The quantitative estimate of drug-likeness (QED) is 0.171. The van der Waals surface area contributed by atoms with Crippen molar-refractivity contribution in [3.05, 3.63) is 87.9 Å². The van der Waals surface area contributed by atoms with E-state index in [4.69, 9.17) is 9.47 Å². The van der Waals surface area contributed by atoms with Gasteiger partial charge >= 0.3 is 17.8 Å². The number of nitrogens with zero attached hydrogens (tertiary/aromatic N) is 1. The summed E-state index contributed by atoms with van der Waals surface area (Å²) in [6.45, 7) is 1.92. The molecule has 0 atom stereocenters. The van der Waals surface area contributed by atoms with Gasteiger partial charge in [-0.05, 0) is 61.0 Å². The summed E-state index contributed by atoms with van der Waals surface area (Å²) in [7, 11) is 1.43. The zero-order valence-electron chi connectivity index (χ0n) is 17.8. The molecule has 0 aromatic heterocycles. The molecule has 33 heavy (non-hydrogen) atoms. The Morgan fingerprint density at radius 1 is 0.939 bits per heavy atom. The van der Waals surface area contributed by atoms with Crippen molar-refractivity contribution in [3.63, 3.8) is 0 Å². The maximum absolute atomic E-state index is 12.4. The number of benzene rings is 3. The summed E-state index contributed by atoms with van der Waals surface area (Å²) >= 11 is 3.31. The molecule has 0 unspecified atom stereocenters. The van der Waals surface area contributed by atoms with Crippen LogP contribution in [0.25, 0.3) is 0 Å². The lowest BCUT2D eigenvalue weighted by Gasteiger charge is -2.10. The molecule has 3 rings (SSSR count). The molecule has 3 aromatic rings. The van der Waals surface area contributed by atoms with Crippen molar-refractivity contribution in [2.45, 2.75) is 6.92 Å². The summed E-state index contributed by atoms with van der Waals surface area (Å²) in [5.41, 5.74) is 4.63. The molecule has 2 N–H and O–H groups in total. The minimum Gasteiger partial charge on any atom is -0.493 e. The number of esters is 1. The zero-order chi connectivity index (χ0) is 23.8. The van der Waals surface area contributed by atoms with Crippen LogP contribution in [0.3, 0.4) is 0 Å². The van der Waals surface area contributed by atoms with Gasteiger partial charge in [0.05, 0.1) is 18.9 Å². The van der Waals surface area contributed by atoms with E-state index in [1.807, 2.05) is 19.1 Å². The van der Waals surface area contributed by atoms with Gasteiger partial charge in [-0.15, -0.1) is 0 Å². The summed E-state index contributed by atoms with van der Waals surface area (Å²) in [4.78, 5) is 36.3. The third-order valence-electron chi connectivity index (χ3n) is 4.35. The molecule has 2 amide bonds. The predicted octanol–water partition coefficient (Wildman–Crippen LogP) is 4.07. The van der Waals surface area contributed by atoms with Crippen LogP contribution in [0.1, 0.15) is 21.5 Å². The summed E-state index contributed by atoms with van der Waals surface area (Å²) in [6.07, 6.45) is 1.33. The van der Waals surface area contributed by atoms with Crippen molar-refractivity contribution in [1.29, 1.82) is 0 Å². The van der Waals surface area contributed by atoms with Gasteiger partial charge in [-0.25, -0.2) is 10.2 Å². The van der Waals surface area contributed by atoms with Crippen molar-refractivity contribution in [2.75, 3.05) is 12.4 Å². The van der Waals surface area contributed by atoms with Crippen molar-refractivity contribution < 1.29 is 23.9 Å². The molecular weight excluding hydrogens is 490 g/mol.